The number of nitrogens with one attached hydrogen (secondary N) is 3. The quantitative estimate of drug-likeness (QED) is 0.174. The predicted molar refractivity (Wildman–Crippen MR) is 246 cm³/mol. The van der Waals surface area contributed by atoms with Crippen molar-refractivity contribution >= 4 is 80.9 Å². The van der Waals surface area contributed by atoms with Crippen molar-refractivity contribution in [2.75, 3.05) is 32.1 Å². The molecule has 0 spiro atoms. The number of fused-ring (bicyclic) bond motifs is 3. The maximum absolute atomic E-state index is 13.6. The van der Waals surface area contributed by atoms with Crippen molar-refractivity contribution in [2.24, 2.45) is 0 Å². The standard InChI is InChI=1S/C42H48N6O7.CH4.3H2S/c1-42(2,3)55-41(52)48-19-7-10-35(48)37-43-24-34(44-37)30-15-14-27-21-26(12-13-28(27)22-30)29-16-17-32-31(23-29)25-54-20-6-5-9-33(46-40(51)53-4)39(50)47-18-8-11-36(47)38(49)45-32;;;;/h5-6,12-17,21-24,33,35-36H,7-11,18-20,25H2,1-4H3,(H,43,44)(H,45,49)(H,46,51);1H4;3*1H2/b6-5+;;;;/t33-,35-,36-;;;;/m0..../s1. The molecule has 3 aromatic carbocycles. The molecule has 7 rings (SSSR count). The van der Waals surface area contributed by atoms with Crippen LogP contribution in [0.5, 0.6) is 0 Å². The molecular weight excluding hydrogens is 809 g/mol. The number of carbonyl (C=O) groups is 4. The molecule has 0 radical (unpaired) electrons. The molecule has 16 heteroatoms. The monoisotopic (exact) mass is 866 g/mol. The highest BCUT2D eigenvalue weighted by molar-refractivity contribution is 7.59. The van der Waals surface area contributed by atoms with Gasteiger partial charge in [-0.15, -0.1) is 0 Å². The van der Waals surface area contributed by atoms with Crippen LogP contribution < -0.4 is 10.6 Å². The van der Waals surface area contributed by atoms with E-state index in [1.165, 1.54) is 7.11 Å². The lowest BCUT2D eigenvalue weighted by atomic mass is 9.97. The number of rotatable bonds is 4. The maximum atomic E-state index is 13.6. The number of aromatic nitrogens is 2. The third-order valence-corrected chi connectivity index (χ3v) is 10.3. The Balaban J connectivity index is 0.00000233. The van der Waals surface area contributed by atoms with Crippen molar-refractivity contribution in [3.8, 4) is 22.4 Å². The largest absolute Gasteiger partial charge is 0.453 e. The fraction of sp³-hybridized carbons (Fsp3) is 0.419. The number of anilines is 1. The summed E-state index contributed by atoms with van der Waals surface area (Å²) in [6, 6.07) is 16.8. The van der Waals surface area contributed by atoms with Gasteiger partial charge in [-0.25, -0.2) is 14.6 Å². The molecule has 320 valence electrons. The summed E-state index contributed by atoms with van der Waals surface area (Å²) in [5.41, 5.74) is 4.72. The Labute approximate surface area is 367 Å². The van der Waals surface area contributed by atoms with Crippen molar-refractivity contribution in [1.29, 1.82) is 0 Å². The minimum Gasteiger partial charge on any atom is -0.453 e. The molecule has 0 aliphatic carbocycles. The van der Waals surface area contributed by atoms with E-state index in [0.29, 0.717) is 31.6 Å². The molecule has 3 aliphatic rings. The van der Waals surface area contributed by atoms with Gasteiger partial charge in [-0.05, 0) is 99.0 Å². The first-order valence-electron chi connectivity index (χ1n) is 18.9. The molecule has 3 aliphatic heterocycles. The third kappa shape index (κ3) is 11.4. The fourth-order valence-corrected chi connectivity index (χ4v) is 7.53. The van der Waals surface area contributed by atoms with Crippen LogP contribution in [0, 0.1) is 0 Å². The Morgan fingerprint density at radius 1 is 0.881 bits per heavy atom. The number of ether oxygens (including phenoxy) is 3. The molecule has 0 unspecified atom stereocenters. The summed E-state index contributed by atoms with van der Waals surface area (Å²) in [7, 11) is 1.25. The van der Waals surface area contributed by atoms with Crippen molar-refractivity contribution in [1.82, 2.24) is 25.1 Å². The molecular formula is C43H58N6O7S3. The van der Waals surface area contributed by atoms with Gasteiger partial charge in [-0.2, -0.15) is 40.5 Å². The van der Waals surface area contributed by atoms with E-state index in [0.717, 1.165) is 57.4 Å². The average molecular weight is 867 g/mol. The average Bonchev–Trinajstić information content (AvgIpc) is 3.96. The van der Waals surface area contributed by atoms with Crippen molar-refractivity contribution in [3.05, 3.63) is 84.3 Å². The van der Waals surface area contributed by atoms with Crippen LogP contribution in [0.25, 0.3) is 33.2 Å². The number of hydrogen-bond donors (Lipinski definition) is 3. The van der Waals surface area contributed by atoms with E-state index in [1.54, 1.807) is 15.9 Å². The van der Waals surface area contributed by atoms with Gasteiger partial charge in [0, 0.05) is 29.9 Å². The topological polar surface area (TPSA) is 155 Å². The molecule has 2 fully saturated rings. The number of carbonyl (C=O) groups excluding carboxylic acids is 4. The van der Waals surface area contributed by atoms with E-state index >= 15 is 0 Å². The lowest BCUT2D eigenvalue weighted by molar-refractivity contribution is -0.138. The molecule has 2 saturated heterocycles. The molecule has 0 bridgehead atoms. The van der Waals surface area contributed by atoms with Crippen LogP contribution in [-0.4, -0.2) is 88.3 Å². The summed E-state index contributed by atoms with van der Waals surface area (Å²) in [6.45, 7) is 7.21. The summed E-state index contributed by atoms with van der Waals surface area (Å²) in [6.07, 6.45) is 7.58. The molecule has 4 amide bonds. The normalized spacial score (nSPS) is 19.9. The van der Waals surface area contributed by atoms with Gasteiger partial charge in [-0.3, -0.25) is 14.5 Å². The highest BCUT2D eigenvalue weighted by Crippen LogP contribution is 2.35. The lowest BCUT2D eigenvalue weighted by Gasteiger charge is -2.28. The number of alkyl carbamates (subject to hydrolysis) is 1. The molecule has 0 saturated carbocycles. The van der Waals surface area contributed by atoms with Crippen LogP contribution >= 0.6 is 40.5 Å². The molecule has 4 aromatic rings. The second-order valence-corrected chi connectivity index (χ2v) is 15.3. The van der Waals surface area contributed by atoms with Crippen LogP contribution in [0.2, 0.25) is 0 Å². The van der Waals surface area contributed by atoms with E-state index in [9.17, 15) is 19.2 Å². The number of likely N-dealkylation sites (tertiary alicyclic amines) is 1. The van der Waals surface area contributed by atoms with Crippen LogP contribution in [0.15, 0.2) is 72.9 Å². The SMILES string of the molecule is C.COC(=O)N[C@H]1C/C=C/COCc2cc(-c3ccc4cc(-c5cnc([C@@H]6CCCN6C(=O)OC(C)(C)C)[nH]5)ccc4c3)ccc2NC(=O)[C@@H]2CCCN2C1=O.S.S.S. The second-order valence-electron chi connectivity index (χ2n) is 15.3. The Bertz CT molecular complexity index is 2140. The number of hydrogen-bond acceptors (Lipinski definition) is 8. The lowest BCUT2D eigenvalue weighted by Crippen LogP contribution is -2.52. The van der Waals surface area contributed by atoms with Crippen LogP contribution in [-0.2, 0) is 30.4 Å². The Hall–Kier alpha value is -4.64. The zero-order valence-corrected chi connectivity index (χ0v) is 36.2. The van der Waals surface area contributed by atoms with E-state index in [4.69, 9.17) is 14.2 Å². The molecule has 13 nitrogen and oxygen atoms in total. The van der Waals surface area contributed by atoms with Crippen molar-refractivity contribution in [2.45, 2.75) is 90.6 Å². The zero-order valence-electron chi connectivity index (χ0n) is 33.2. The van der Waals surface area contributed by atoms with Gasteiger partial charge >= 0.3 is 12.2 Å². The van der Waals surface area contributed by atoms with E-state index in [2.05, 4.69) is 57.0 Å². The molecule has 59 heavy (non-hydrogen) atoms. The van der Waals surface area contributed by atoms with Crippen LogP contribution in [0.3, 0.4) is 0 Å². The third-order valence-electron chi connectivity index (χ3n) is 10.3. The number of methoxy groups -OCH3 is 1. The van der Waals surface area contributed by atoms with Gasteiger partial charge in [0.25, 0.3) is 0 Å². The van der Waals surface area contributed by atoms with E-state index in [-0.39, 0.29) is 91.5 Å². The highest BCUT2D eigenvalue weighted by atomic mass is 32.1. The summed E-state index contributed by atoms with van der Waals surface area (Å²) in [5.74, 6) is 0.150. The fourth-order valence-electron chi connectivity index (χ4n) is 7.53. The zero-order chi connectivity index (χ0) is 38.7. The van der Waals surface area contributed by atoms with Crippen LogP contribution in [0.4, 0.5) is 15.3 Å². The number of H-pyrrole nitrogens is 1. The Morgan fingerprint density at radius 3 is 2.27 bits per heavy atom. The molecule has 3 atom stereocenters. The summed E-state index contributed by atoms with van der Waals surface area (Å²) in [4.78, 5) is 63.5. The van der Waals surface area contributed by atoms with Gasteiger partial charge in [0.2, 0.25) is 11.8 Å². The van der Waals surface area contributed by atoms with Gasteiger partial charge in [0.1, 0.15) is 23.5 Å². The highest BCUT2D eigenvalue weighted by Gasteiger charge is 2.38. The smallest absolute Gasteiger partial charge is 0.410 e. The number of imidazole rings is 1. The second kappa shape index (κ2) is 21.1. The predicted octanol–water partition coefficient (Wildman–Crippen LogP) is 8.07. The Morgan fingerprint density at radius 2 is 1.54 bits per heavy atom. The summed E-state index contributed by atoms with van der Waals surface area (Å²) in [5, 5.41) is 7.80. The minimum absolute atomic E-state index is 0. The Kier molecular flexibility index (Phi) is 17.4. The van der Waals surface area contributed by atoms with E-state index < -0.39 is 23.8 Å². The van der Waals surface area contributed by atoms with E-state index in [1.807, 2.05) is 51.2 Å². The van der Waals surface area contributed by atoms with Gasteiger partial charge < -0.3 is 34.7 Å². The molecule has 3 N–H and O–H groups in total. The molecule has 4 heterocycles. The number of benzene rings is 3. The first kappa shape index (κ1) is 48.7. The van der Waals surface area contributed by atoms with Crippen molar-refractivity contribution in [3.63, 3.8) is 0 Å². The summed E-state index contributed by atoms with van der Waals surface area (Å²) >= 11 is 0. The van der Waals surface area contributed by atoms with Gasteiger partial charge in [-0.1, -0.05) is 49.9 Å². The minimum atomic E-state index is -0.859. The first-order chi connectivity index (χ1) is 26.5. The number of amides is 4. The van der Waals surface area contributed by atoms with Crippen molar-refractivity contribution < 1.29 is 33.4 Å². The first-order valence-corrected chi connectivity index (χ1v) is 18.9. The summed E-state index contributed by atoms with van der Waals surface area (Å²) < 4.78 is 16.4. The van der Waals surface area contributed by atoms with Gasteiger partial charge in [0.05, 0.1) is 38.3 Å². The number of aromatic amines is 1. The number of nitrogens with zero attached hydrogens (tertiary/aromatic N) is 3. The maximum Gasteiger partial charge on any atom is 0.410 e. The molecule has 1 aromatic heterocycles. The van der Waals surface area contributed by atoms with Gasteiger partial charge in [0.15, 0.2) is 0 Å². The van der Waals surface area contributed by atoms with Crippen LogP contribution in [0.1, 0.15) is 77.7 Å².